The molecule has 0 bridgehead atoms. The lowest BCUT2D eigenvalue weighted by Gasteiger charge is -1.87. The monoisotopic (exact) mass is 148 g/mol. The molecule has 0 nitrogen and oxygen atoms in total. The Bertz CT molecular complexity index is 180. The van der Waals surface area contributed by atoms with Crippen molar-refractivity contribution in [1.82, 2.24) is 0 Å². The third-order valence-corrected chi connectivity index (χ3v) is 1.28. The summed E-state index contributed by atoms with van der Waals surface area (Å²) in [5.74, 6) is 0. The fourth-order valence-corrected chi connectivity index (χ4v) is 0.760. The Balaban J connectivity index is 3.72. The van der Waals surface area contributed by atoms with Crippen molar-refractivity contribution < 1.29 is 0 Å². The minimum Gasteiger partial charge on any atom is -0.0991 e. The lowest BCUT2D eigenvalue weighted by Crippen LogP contribution is -1.66. The van der Waals surface area contributed by atoms with Gasteiger partial charge < -0.3 is 0 Å². The van der Waals surface area contributed by atoms with Crippen molar-refractivity contribution in [3.8, 4) is 0 Å². The van der Waals surface area contributed by atoms with Gasteiger partial charge in [0, 0.05) is 0 Å². The Morgan fingerprint density at radius 3 is 2.73 bits per heavy atom. The molecule has 0 saturated carbocycles. The van der Waals surface area contributed by atoms with Crippen LogP contribution in [0, 0.1) is 0 Å². The molecular formula is C11H16. The van der Waals surface area contributed by atoms with Crippen molar-refractivity contribution in [2.75, 3.05) is 0 Å². The maximum Gasteiger partial charge on any atom is -0.0160 e. The molecule has 11 heavy (non-hydrogen) atoms. The van der Waals surface area contributed by atoms with Crippen molar-refractivity contribution in [1.29, 1.82) is 0 Å². The van der Waals surface area contributed by atoms with Gasteiger partial charge in [0.25, 0.3) is 0 Å². The molecule has 0 aromatic rings. The van der Waals surface area contributed by atoms with Crippen LogP contribution in [0.3, 0.4) is 0 Å². The zero-order valence-electron chi connectivity index (χ0n) is 7.38. The van der Waals surface area contributed by atoms with E-state index in [9.17, 15) is 0 Å². The lowest BCUT2D eigenvalue weighted by molar-refractivity contribution is 1.33. The van der Waals surface area contributed by atoms with Crippen LogP contribution in [-0.4, -0.2) is 0 Å². The number of rotatable bonds is 4. The first-order valence-electron chi connectivity index (χ1n) is 3.88. The van der Waals surface area contributed by atoms with Gasteiger partial charge in [0.1, 0.15) is 0 Å². The average molecular weight is 148 g/mol. The number of hydrogen-bond donors (Lipinski definition) is 0. The molecule has 0 heteroatoms. The van der Waals surface area contributed by atoms with Gasteiger partial charge in [-0.15, -0.1) is 0 Å². The van der Waals surface area contributed by atoms with E-state index in [4.69, 9.17) is 0 Å². The van der Waals surface area contributed by atoms with E-state index < -0.39 is 0 Å². The summed E-state index contributed by atoms with van der Waals surface area (Å²) in [5.41, 5.74) is 1.31. The molecular weight excluding hydrogens is 132 g/mol. The van der Waals surface area contributed by atoms with E-state index in [-0.39, 0.29) is 0 Å². The van der Waals surface area contributed by atoms with E-state index in [1.54, 1.807) is 6.08 Å². The molecule has 0 aromatic carbocycles. The third-order valence-electron chi connectivity index (χ3n) is 1.28. The predicted molar refractivity (Wildman–Crippen MR) is 52.5 cm³/mol. The highest BCUT2D eigenvalue weighted by Crippen LogP contribution is 1.97. The maximum absolute atomic E-state index is 3.59. The molecule has 0 amide bonds. The summed E-state index contributed by atoms with van der Waals surface area (Å²) in [7, 11) is 0. The van der Waals surface area contributed by atoms with Crippen LogP contribution < -0.4 is 0 Å². The standard InChI is InChI=1S/C11H16/c1-4-6-7-8-10-11(3)9-5-2/h4-7,9-10H,1,8H2,2-3H3. The summed E-state index contributed by atoms with van der Waals surface area (Å²) in [6.45, 7) is 7.72. The van der Waals surface area contributed by atoms with Crippen molar-refractivity contribution >= 4 is 0 Å². The van der Waals surface area contributed by atoms with Crippen LogP contribution in [0.1, 0.15) is 20.3 Å². The molecule has 0 radical (unpaired) electrons. The van der Waals surface area contributed by atoms with E-state index in [0.29, 0.717) is 0 Å². The lowest BCUT2D eigenvalue weighted by atomic mass is 10.2. The zero-order chi connectivity index (χ0) is 8.53. The van der Waals surface area contributed by atoms with Crippen molar-refractivity contribution in [3.05, 3.63) is 48.6 Å². The summed E-state index contributed by atoms with van der Waals surface area (Å²) in [6.07, 6.45) is 13.1. The molecule has 0 N–H and O–H groups in total. The normalized spacial score (nSPS) is 13.1. The second-order valence-corrected chi connectivity index (χ2v) is 2.35. The number of allylic oxidation sites excluding steroid dienone is 7. The minimum atomic E-state index is 0.988. The van der Waals surface area contributed by atoms with Crippen LogP contribution in [0.5, 0.6) is 0 Å². The fourth-order valence-electron chi connectivity index (χ4n) is 0.760. The van der Waals surface area contributed by atoms with Crippen molar-refractivity contribution in [2.24, 2.45) is 0 Å². The van der Waals surface area contributed by atoms with E-state index in [2.05, 4.69) is 31.7 Å². The molecule has 60 valence electrons. The van der Waals surface area contributed by atoms with Gasteiger partial charge in [0.05, 0.1) is 0 Å². The van der Waals surface area contributed by atoms with E-state index in [1.165, 1.54) is 5.57 Å². The second kappa shape index (κ2) is 7.07. The first-order valence-corrected chi connectivity index (χ1v) is 3.88. The van der Waals surface area contributed by atoms with Gasteiger partial charge in [-0.1, -0.05) is 48.6 Å². The molecule has 0 unspecified atom stereocenters. The van der Waals surface area contributed by atoms with Gasteiger partial charge in [0.2, 0.25) is 0 Å². The molecule has 0 aliphatic carbocycles. The molecule has 0 spiro atoms. The van der Waals surface area contributed by atoms with Gasteiger partial charge in [-0.2, -0.15) is 0 Å². The Hall–Kier alpha value is -1.04. The van der Waals surface area contributed by atoms with Crippen molar-refractivity contribution in [3.63, 3.8) is 0 Å². The Morgan fingerprint density at radius 2 is 2.18 bits per heavy atom. The van der Waals surface area contributed by atoms with Crippen LogP contribution in [-0.2, 0) is 0 Å². The van der Waals surface area contributed by atoms with E-state index >= 15 is 0 Å². The second-order valence-electron chi connectivity index (χ2n) is 2.35. The summed E-state index contributed by atoms with van der Waals surface area (Å²) in [5, 5.41) is 0. The Labute approximate surface area is 69.6 Å². The molecule has 0 fully saturated rings. The average Bonchev–Trinajstić information content (AvgIpc) is 1.99. The largest absolute Gasteiger partial charge is 0.0991 e. The first kappa shape index (κ1) is 9.96. The van der Waals surface area contributed by atoms with Crippen LogP contribution >= 0.6 is 0 Å². The Morgan fingerprint density at radius 1 is 1.45 bits per heavy atom. The molecule has 0 heterocycles. The topological polar surface area (TPSA) is 0 Å². The predicted octanol–water partition coefficient (Wildman–Crippen LogP) is 3.64. The summed E-state index contributed by atoms with van der Waals surface area (Å²) < 4.78 is 0. The number of hydrogen-bond acceptors (Lipinski definition) is 0. The smallest absolute Gasteiger partial charge is 0.0160 e. The zero-order valence-corrected chi connectivity index (χ0v) is 7.38. The highest BCUT2D eigenvalue weighted by Gasteiger charge is 1.76. The van der Waals surface area contributed by atoms with Crippen LogP contribution in [0.2, 0.25) is 0 Å². The molecule has 0 aromatic heterocycles. The van der Waals surface area contributed by atoms with Gasteiger partial charge in [-0.05, 0) is 20.3 Å². The third kappa shape index (κ3) is 6.85. The molecule has 0 aliphatic heterocycles. The SMILES string of the molecule is C=CC=CCC=C(C)C=CC. The summed E-state index contributed by atoms with van der Waals surface area (Å²) >= 11 is 0. The van der Waals surface area contributed by atoms with Gasteiger partial charge in [-0.25, -0.2) is 0 Å². The molecule has 0 saturated heterocycles. The highest BCUT2D eigenvalue weighted by atomic mass is 13.8. The van der Waals surface area contributed by atoms with E-state index in [1.807, 2.05) is 19.1 Å². The first-order chi connectivity index (χ1) is 5.31. The van der Waals surface area contributed by atoms with Crippen LogP contribution in [0.15, 0.2) is 48.6 Å². The van der Waals surface area contributed by atoms with Crippen LogP contribution in [0.25, 0.3) is 0 Å². The molecule has 0 atom stereocenters. The maximum atomic E-state index is 3.59. The van der Waals surface area contributed by atoms with Gasteiger partial charge in [-0.3, -0.25) is 0 Å². The van der Waals surface area contributed by atoms with E-state index in [0.717, 1.165) is 6.42 Å². The van der Waals surface area contributed by atoms with Crippen molar-refractivity contribution in [2.45, 2.75) is 20.3 Å². The van der Waals surface area contributed by atoms with Gasteiger partial charge in [0.15, 0.2) is 0 Å². The Kier molecular flexibility index (Phi) is 6.40. The summed E-state index contributed by atoms with van der Waals surface area (Å²) in [6, 6.07) is 0. The molecule has 0 rings (SSSR count). The summed E-state index contributed by atoms with van der Waals surface area (Å²) in [4.78, 5) is 0. The highest BCUT2D eigenvalue weighted by molar-refractivity contribution is 5.16. The van der Waals surface area contributed by atoms with Crippen LogP contribution in [0.4, 0.5) is 0 Å². The quantitative estimate of drug-likeness (QED) is 0.534. The molecule has 0 aliphatic rings. The van der Waals surface area contributed by atoms with Gasteiger partial charge >= 0.3 is 0 Å². The fraction of sp³-hybridized carbons (Fsp3) is 0.273. The minimum absolute atomic E-state index is 0.988.